The summed E-state index contributed by atoms with van der Waals surface area (Å²) in [7, 11) is 1.21. The lowest BCUT2D eigenvalue weighted by atomic mass is 10.2. The molecule has 0 aromatic heterocycles. The number of amides is 2. The summed E-state index contributed by atoms with van der Waals surface area (Å²) in [6.07, 6.45) is 1.26. The molecule has 0 heterocycles. The smallest absolute Gasteiger partial charge is 0.425 e. The quantitative estimate of drug-likeness (QED) is 0.434. The third-order valence-electron chi connectivity index (χ3n) is 2.55. The van der Waals surface area contributed by atoms with E-state index in [4.69, 9.17) is 17.0 Å². The van der Waals surface area contributed by atoms with E-state index in [2.05, 4.69) is 27.8 Å². The Kier molecular flexibility index (Phi) is 7.69. The largest absolute Gasteiger partial charge is 0.494 e. The van der Waals surface area contributed by atoms with Crippen LogP contribution in [-0.4, -0.2) is 30.8 Å². The number of hydrazine groups is 1. The maximum absolute atomic E-state index is 12.0. The normalized spacial score (nSPS) is 9.55. The third kappa shape index (κ3) is 6.40. The summed E-state index contributed by atoms with van der Waals surface area (Å²) in [4.78, 5) is 22.9. The minimum atomic E-state index is -0.720. The first kappa shape index (κ1) is 17.7. The summed E-state index contributed by atoms with van der Waals surface area (Å²) in [6, 6.07) is 6.76. The Balaban J connectivity index is 2.52. The average molecular weight is 325 g/mol. The fourth-order valence-corrected chi connectivity index (χ4v) is 1.57. The lowest BCUT2D eigenvalue weighted by Crippen LogP contribution is -2.48. The van der Waals surface area contributed by atoms with Crippen molar-refractivity contribution in [2.75, 3.05) is 13.7 Å². The van der Waals surface area contributed by atoms with Crippen molar-refractivity contribution in [3.05, 3.63) is 29.8 Å². The molecule has 2 amide bonds. The van der Waals surface area contributed by atoms with Crippen LogP contribution in [0.15, 0.2) is 24.3 Å². The average Bonchev–Trinajstić information content (AvgIpc) is 2.53. The highest BCUT2D eigenvalue weighted by Crippen LogP contribution is 2.13. The predicted molar refractivity (Wildman–Crippen MR) is 85.6 cm³/mol. The molecule has 22 heavy (non-hydrogen) atoms. The second-order valence-corrected chi connectivity index (χ2v) is 4.66. The highest BCUT2D eigenvalue weighted by atomic mass is 32.1. The number of ether oxygens (including phenoxy) is 2. The number of hydrogen-bond acceptors (Lipinski definition) is 5. The standard InChI is InChI=1S/C14H19N3O4S/c1-3-4-8-21-11-7-5-6-10(9-11)12(18)15-13(22)16-17-14(19)20-2/h5-7,9H,3-4,8H2,1-2H3,(H,17,19)(H2,15,16,18,22). The van der Waals surface area contributed by atoms with E-state index >= 15 is 0 Å². The molecule has 0 spiro atoms. The molecule has 0 aliphatic carbocycles. The van der Waals surface area contributed by atoms with Crippen molar-refractivity contribution >= 4 is 29.3 Å². The Hall–Kier alpha value is -2.35. The molecule has 0 aliphatic rings. The number of methoxy groups -OCH3 is 1. The third-order valence-corrected chi connectivity index (χ3v) is 2.76. The molecule has 0 aliphatic heterocycles. The predicted octanol–water partition coefficient (Wildman–Crippen LogP) is 1.74. The van der Waals surface area contributed by atoms with E-state index in [1.807, 2.05) is 0 Å². The fourth-order valence-electron chi connectivity index (χ4n) is 1.43. The van der Waals surface area contributed by atoms with Gasteiger partial charge in [-0.05, 0) is 36.8 Å². The number of carbonyl (C=O) groups is 2. The van der Waals surface area contributed by atoms with Crippen molar-refractivity contribution in [3.63, 3.8) is 0 Å². The minimum absolute atomic E-state index is 0.0484. The summed E-state index contributed by atoms with van der Waals surface area (Å²) >= 11 is 4.87. The Morgan fingerprint density at radius 3 is 2.73 bits per heavy atom. The van der Waals surface area contributed by atoms with Crippen LogP contribution >= 0.6 is 12.2 Å². The Morgan fingerprint density at radius 2 is 2.05 bits per heavy atom. The molecule has 1 aromatic rings. The van der Waals surface area contributed by atoms with Crippen LogP contribution in [0, 0.1) is 0 Å². The number of nitrogens with one attached hydrogen (secondary N) is 3. The van der Waals surface area contributed by atoms with Crippen LogP contribution in [0.25, 0.3) is 0 Å². The van der Waals surface area contributed by atoms with E-state index in [1.165, 1.54) is 7.11 Å². The number of unbranched alkanes of at least 4 members (excludes halogenated alkanes) is 1. The van der Waals surface area contributed by atoms with Crippen LogP contribution in [0.4, 0.5) is 4.79 Å². The van der Waals surface area contributed by atoms with Crippen molar-refractivity contribution < 1.29 is 19.1 Å². The summed E-state index contributed by atoms with van der Waals surface area (Å²) < 4.78 is 9.88. The van der Waals surface area contributed by atoms with Gasteiger partial charge < -0.3 is 9.47 Å². The summed E-state index contributed by atoms with van der Waals surface area (Å²) in [6.45, 7) is 2.67. The number of rotatable bonds is 5. The Bertz CT molecular complexity index is 537. The second-order valence-electron chi connectivity index (χ2n) is 4.25. The molecule has 0 fully saturated rings. The SMILES string of the molecule is CCCCOc1cccc(C(=O)NC(=S)NNC(=O)OC)c1. The van der Waals surface area contributed by atoms with Gasteiger partial charge in [0.15, 0.2) is 5.11 Å². The molecule has 1 aromatic carbocycles. The van der Waals surface area contributed by atoms with Crippen molar-refractivity contribution in [2.45, 2.75) is 19.8 Å². The second kappa shape index (κ2) is 9.56. The molecule has 120 valence electrons. The molecule has 7 nitrogen and oxygen atoms in total. The molecule has 3 N–H and O–H groups in total. The van der Waals surface area contributed by atoms with Crippen LogP contribution < -0.4 is 20.9 Å². The molecule has 8 heteroatoms. The van der Waals surface area contributed by atoms with Crippen molar-refractivity contribution in [3.8, 4) is 5.75 Å². The first-order chi connectivity index (χ1) is 10.6. The number of carbonyl (C=O) groups excluding carboxylic acids is 2. The number of benzene rings is 1. The molecule has 1 rings (SSSR count). The minimum Gasteiger partial charge on any atom is -0.494 e. The first-order valence-corrected chi connectivity index (χ1v) is 7.15. The summed E-state index contributed by atoms with van der Waals surface area (Å²) in [5, 5.41) is 2.38. The topological polar surface area (TPSA) is 88.7 Å². The van der Waals surface area contributed by atoms with Gasteiger partial charge in [-0.3, -0.25) is 15.5 Å². The Morgan fingerprint density at radius 1 is 1.27 bits per heavy atom. The number of hydrogen-bond donors (Lipinski definition) is 3. The van der Waals surface area contributed by atoms with Crippen LogP contribution in [0.2, 0.25) is 0 Å². The summed E-state index contributed by atoms with van der Waals surface area (Å²) in [5.74, 6) is 0.206. The monoisotopic (exact) mass is 325 g/mol. The lowest BCUT2D eigenvalue weighted by molar-refractivity contribution is 0.0975. The molecular formula is C14H19N3O4S. The van der Waals surface area contributed by atoms with Gasteiger partial charge in [0.2, 0.25) is 0 Å². The van der Waals surface area contributed by atoms with Gasteiger partial charge in [-0.2, -0.15) is 0 Å². The van der Waals surface area contributed by atoms with Crippen molar-refractivity contribution in [1.82, 2.24) is 16.2 Å². The van der Waals surface area contributed by atoms with E-state index < -0.39 is 12.0 Å². The molecule has 0 saturated heterocycles. The van der Waals surface area contributed by atoms with Crippen LogP contribution in [0.3, 0.4) is 0 Å². The van der Waals surface area contributed by atoms with E-state index in [0.717, 1.165) is 12.8 Å². The van der Waals surface area contributed by atoms with Crippen molar-refractivity contribution in [1.29, 1.82) is 0 Å². The van der Waals surface area contributed by atoms with Crippen LogP contribution in [-0.2, 0) is 4.74 Å². The van der Waals surface area contributed by atoms with E-state index in [-0.39, 0.29) is 5.11 Å². The molecule has 0 bridgehead atoms. The van der Waals surface area contributed by atoms with Gasteiger partial charge in [0, 0.05) is 5.56 Å². The zero-order valence-corrected chi connectivity index (χ0v) is 13.3. The first-order valence-electron chi connectivity index (χ1n) is 6.75. The number of thiocarbonyl (C=S) groups is 1. The van der Waals surface area contributed by atoms with Gasteiger partial charge in [0.05, 0.1) is 13.7 Å². The maximum Gasteiger partial charge on any atom is 0.425 e. The van der Waals surface area contributed by atoms with Gasteiger partial charge in [-0.15, -0.1) is 0 Å². The van der Waals surface area contributed by atoms with Crippen LogP contribution in [0.1, 0.15) is 30.1 Å². The lowest BCUT2D eigenvalue weighted by Gasteiger charge is -2.10. The summed E-state index contributed by atoms with van der Waals surface area (Å²) in [5.41, 5.74) is 4.88. The van der Waals surface area contributed by atoms with Crippen LogP contribution in [0.5, 0.6) is 5.75 Å². The van der Waals surface area contributed by atoms with Gasteiger partial charge in [0.1, 0.15) is 5.75 Å². The van der Waals surface area contributed by atoms with E-state index in [1.54, 1.807) is 24.3 Å². The molecule has 0 saturated carbocycles. The van der Waals surface area contributed by atoms with Gasteiger partial charge >= 0.3 is 6.09 Å². The fraction of sp³-hybridized carbons (Fsp3) is 0.357. The molecule has 0 radical (unpaired) electrons. The van der Waals surface area contributed by atoms with Gasteiger partial charge in [0.25, 0.3) is 5.91 Å². The highest BCUT2D eigenvalue weighted by molar-refractivity contribution is 7.80. The van der Waals surface area contributed by atoms with Gasteiger partial charge in [-0.1, -0.05) is 19.4 Å². The molecular weight excluding hydrogens is 306 g/mol. The zero-order chi connectivity index (χ0) is 16.4. The van der Waals surface area contributed by atoms with E-state index in [9.17, 15) is 9.59 Å². The maximum atomic E-state index is 12.0. The Labute approximate surface area is 134 Å². The molecule has 0 unspecified atom stereocenters. The molecule has 0 atom stereocenters. The highest BCUT2D eigenvalue weighted by Gasteiger charge is 2.09. The van der Waals surface area contributed by atoms with E-state index in [0.29, 0.717) is 17.9 Å². The zero-order valence-electron chi connectivity index (χ0n) is 12.5. The van der Waals surface area contributed by atoms with Gasteiger partial charge in [-0.25, -0.2) is 10.2 Å². The van der Waals surface area contributed by atoms with Crippen molar-refractivity contribution in [2.24, 2.45) is 0 Å².